The molecule has 0 saturated carbocycles. The van der Waals surface area contributed by atoms with Crippen LogP contribution in [0, 0.1) is 12.8 Å². The molecule has 0 radical (unpaired) electrons. The molecule has 1 atom stereocenters. The van der Waals surface area contributed by atoms with E-state index in [1.165, 1.54) is 25.3 Å². The fourth-order valence-corrected chi connectivity index (χ4v) is 3.33. The predicted molar refractivity (Wildman–Crippen MR) is 85.6 cm³/mol. The number of Topliss-reactive ketones (excluding diaryl/α,β-unsaturated/α-hetero) is 1. The molecule has 0 aliphatic carbocycles. The van der Waals surface area contributed by atoms with Crippen LogP contribution in [0.4, 0.5) is 0 Å². The third-order valence-corrected chi connectivity index (χ3v) is 4.73. The number of hydrogen-bond donors (Lipinski definition) is 1. The summed E-state index contributed by atoms with van der Waals surface area (Å²) >= 11 is 0. The molecule has 1 unspecified atom stereocenters. The Morgan fingerprint density at radius 2 is 1.96 bits per heavy atom. The number of benzene rings is 1. The van der Waals surface area contributed by atoms with Gasteiger partial charge in [-0.1, -0.05) is 0 Å². The van der Waals surface area contributed by atoms with Crippen LogP contribution in [0.2, 0.25) is 0 Å². The van der Waals surface area contributed by atoms with E-state index in [9.17, 15) is 22.8 Å². The van der Waals surface area contributed by atoms with E-state index in [0.717, 1.165) is 12.3 Å². The summed E-state index contributed by atoms with van der Waals surface area (Å²) in [5.74, 6) is -3.44. The molecule has 1 aromatic carbocycles. The van der Waals surface area contributed by atoms with Crippen LogP contribution in [0.25, 0.3) is 0 Å². The fraction of sp³-hybridized carbons (Fsp3) is 0.312. The molecule has 128 valence electrons. The first kappa shape index (κ1) is 17.9. The average molecular weight is 351 g/mol. The molecule has 1 aliphatic heterocycles. The van der Waals surface area contributed by atoms with Crippen molar-refractivity contribution in [3.8, 4) is 5.75 Å². The van der Waals surface area contributed by atoms with Gasteiger partial charge in [-0.15, -0.1) is 0 Å². The predicted octanol–water partition coefficient (Wildman–Crippen LogP) is 0.809. The smallest absolute Gasteiger partial charge is 0.242 e. The van der Waals surface area contributed by atoms with Gasteiger partial charge in [-0.25, -0.2) is 8.42 Å². The third kappa shape index (κ3) is 3.23. The van der Waals surface area contributed by atoms with Gasteiger partial charge in [0.25, 0.3) is 0 Å². The van der Waals surface area contributed by atoms with Gasteiger partial charge < -0.3 is 10.1 Å². The Balaban J connectivity index is 2.58. The number of allylic oxidation sites excluding steroid dienone is 1. The van der Waals surface area contributed by atoms with E-state index in [0.29, 0.717) is 0 Å². The number of nitrogens with one attached hydrogen (secondary N) is 1. The van der Waals surface area contributed by atoms with E-state index in [1.54, 1.807) is 6.92 Å². The number of hydrogen-bond acceptors (Lipinski definition) is 6. The van der Waals surface area contributed by atoms with Gasteiger partial charge in [0.15, 0.2) is 27.3 Å². The summed E-state index contributed by atoms with van der Waals surface area (Å²) in [4.78, 5) is 36.3. The summed E-state index contributed by atoms with van der Waals surface area (Å²) in [5.41, 5.74) is 0.356. The lowest BCUT2D eigenvalue weighted by atomic mass is 9.89. The quantitative estimate of drug-likeness (QED) is 0.621. The molecule has 7 nitrogen and oxygen atoms in total. The first-order valence-electron chi connectivity index (χ1n) is 7.20. The maximum atomic E-state index is 12.6. The van der Waals surface area contributed by atoms with Crippen LogP contribution in [-0.4, -0.2) is 38.8 Å². The number of ether oxygens (including phenoxy) is 1. The molecule has 0 fully saturated rings. The Hall–Kier alpha value is -2.48. The van der Waals surface area contributed by atoms with Gasteiger partial charge in [0.1, 0.15) is 10.6 Å². The lowest BCUT2D eigenvalue weighted by molar-refractivity contribution is -0.129. The molecule has 2 rings (SSSR count). The fourth-order valence-electron chi connectivity index (χ4n) is 2.47. The summed E-state index contributed by atoms with van der Waals surface area (Å²) in [6, 6.07) is 2.55. The second-order valence-electron chi connectivity index (χ2n) is 5.31. The Morgan fingerprint density at radius 3 is 2.50 bits per heavy atom. The number of carbonyl (C=O) groups excluding carboxylic acids is 3. The highest BCUT2D eigenvalue weighted by Crippen LogP contribution is 2.32. The van der Waals surface area contributed by atoms with Crippen LogP contribution >= 0.6 is 0 Å². The number of amides is 1. The summed E-state index contributed by atoms with van der Waals surface area (Å²) in [6.07, 6.45) is 3.34. The average Bonchev–Trinajstić information content (AvgIpc) is 2.47. The van der Waals surface area contributed by atoms with Crippen molar-refractivity contribution in [3.05, 3.63) is 35.5 Å². The lowest BCUT2D eigenvalue weighted by Crippen LogP contribution is -2.41. The normalized spacial score (nSPS) is 17.5. The van der Waals surface area contributed by atoms with Crippen molar-refractivity contribution in [2.45, 2.75) is 18.7 Å². The highest BCUT2D eigenvalue weighted by atomic mass is 32.2. The Bertz CT molecular complexity index is 854. The van der Waals surface area contributed by atoms with E-state index >= 15 is 0 Å². The molecule has 1 N–H and O–H groups in total. The number of sulfone groups is 1. The van der Waals surface area contributed by atoms with Crippen LogP contribution in [0.15, 0.2) is 29.3 Å². The zero-order chi connectivity index (χ0) is 18.1. The first-order valence-corrected chi connectivity index (χ1v) is 9.09. The van der Waals surface area contributed by atoms with Crippen LogP contribution in [0.5, 0.6) is 5.75 Å². The van der Waals surface area contributed by atoms with E-state index in [4.69, 9.17) is 4.74 Å². The van der Waals surface area contributed by atoms with Crippen LogP contribution < -0.4 is 10.1 Å². The monoisotopic (exact) mass is 351 g/mol. The lowest BCUT2D eigenvalue weighted by Gasteiger charge is -2.19. The van der Waals surface area contributed by atoms with E-state index in [2.05, 4.69) is 5.32 Å². The van der Waals surface area contributed by atoms with Crippen molar-refractivity contribution in [1.82, 2.24) is 5.32 Å². The van der Waals surface area contributed by atoms with Gasteiger partial charge >= 0.3 is 0 Å². The molecule has 8 heteroatoms. The second kappa shape index (κ2) is 6.56. The van der Waals surface area contributed by atoms with E-state index < -0.39 is 33.2 Å². The van der Waals surface area contributed by atoms with Crippen molar-refractivity contribution in [2.75, 3.05) is 12.9 Å². The Labute approximate surface area is 139 Å². The van der Waals surface area contributed by atoms with Crippen LogP contribution in [0.3, 0.4) is 0 Å². The molecule has 1 aromatic rings. The van der Waals surface area contributed by atoms with E-state index in [1.807, 2.05) is 0 Å². The third-order valence-electron chi connectivity index (χ3n) is 3.61. The Kier molecular flexibility index (Phi) is 4.88. The number of rotatable bonds is 5. The molecule has 24 heavy (non-hydrogen) atoms. The minimum absolute atomic E-state index is 0.0438. The van der Waals surface area contributed by atoms with Gasteiger partial charge in [-0.2, -0.15) is 0 Å². The number of carbonyl (C=O) groups is 3. The molecule has 1 heterocycles. The minimum Gasteiger partial charge on any atom is -0.492 e. The minimum atomic E-state index is -3.56. The zero-order valence-corrected chi connectivity index (χ0v) is 14.3. The Morgan fingerprint density at radius 1 is 1.29 bits per heavy atom. The van der Waals surface area contributed by atoms with Gasteiger partial charge in [0.2, 0.25) is 5.91 Å². The van der Waals surface area contributed by atoms with Crippen molar-refractivity contribution < 1.29 is 27.5 Å². The van der Waals surface area contributed by atoms with Gasteiger partial charge in [0, 0.05) is 23.6 Å². The zero-order valence-electron chi connectivity index (χ0n) is 13.5. The molecule has 0 spiro atoms. The van der Waals surface area contributed by atoms with Gasteiger partial charge in [0.05, 0.1) is 6.61 Å². The summed E-state index contributed by atoms with van der Waals surface area (Å²) < 4.78 is 29.1. The largest absolute Gasteiger partial charge is 0.492 e. The molecule has 1 aliphatic rings. The van der Waals surface area contributed by atoms with Crippen LogP contribution in [0.1, 0.15) is 22.8 Å². The van der Waals surface area contributed by atoms with Crippen LogP contribution in [-0.2, 0) is 19.4 Å². The number of ketones is 2. The van der Waals surface area contributed by atoms with Crippen molar-refractivity contribution in [3.63, 3.8) is 0 Å². The van der Waals surface area contributed by atoms with Gasteiger partial charge in [-0.3, -0.25) is 14.4 Å². The molecular formula is C16H17NO6S. The van der Waals surface area contributed by atoms with Crippen molar-refractivity contribution in [2.24, 2.45) is 5.92 Å². The first-order chi connectivity index (χ1) is 11.2. The molecule has 0 bridgehead atoms. The summed E-state index contributed by atoms with van der Waals surface area (Å²) in [5, 5.41) is 2.32. The standard InChI is InChI=1S/C16H17NO6S/c1-4-23-15-9(2)10(5-6-12(15)24(3,21)22)14(19)13-11(18)7-8-17-16(13)20/h5-8,13H,4H2,1-3H3,(H,17,20). The van der Waals surface area contributed by atoms with Gasteiger partial charge in [-0.05, 0) is 32.1 Å². The van der Waals surface area contributed by atoms with Crippen molar-refractivity contribution in [1.29, 1.82) is 0 Å². The topological polar surface area (TPSA) is 107 Å². The highest BCUT2D eigenvalue weighted by molar-refractivity contribution is 7.90. The van der Waals surface area contributed by atoms with E-state index in [-0.39, 0.29) is 28.4 Å². The summed E-state index contributed by atoms with van der Waals surface area (Å²) in [7, 11) is -3.56. The second-order valence-corrected chi connectivity index (χ2v) is 7.30. The molecule has 1 amide bonds. The maximum absolute atomic E-state index is 12.6. The van der Waals surface area contributed by atoms with Crippen molar-refractivity contribution >= 4 is 27.3 Å². The molecule has 0 saturated heterocycles. The molecule has 0 aromatic heterocycles. The SMILES string of the molecule is CCOc1c(S(C)(=O)=O)ccc(C(=O)C2C(=O)C=CNC2=O)c1C. The summed E-state index contributed by atoms with van der Waals surface area (Å²) in [6.45, 7) is 3.41. The maximum Gasteiger partial charge on any atom is 0.242 e. The highest BCUT2D eigenvalue weighted by Gasteiger charge is 2.36. The molecular weight excluding hydrogens is 334 g/mol.